The number of hydrogen-bond donors (Lipinski definition) is 0. The fourth-order valence-corrected chi connectivity index (χ4v) is 3.72. The Morgan fingerprint density at radius 2 is 1.96 bits per heavy atom. The summed E-state index contributed by atoms with van der Waals surface area (Å²) in [7, 11) is 0. The molecule has 5 heteroatoms. The molecular formula is C23H24N2O3. The van der Waals surface area contributed by atoms with Crippen LogP contribution in [0.1, 0.15) is 37.1 Å². The maximum absolute atomic E-state index is 12.9. The summed E-state index contributed by atoms with van der Waals surface area (Å²) in [6, 6.07) is 17.9. The Morgan fingerprint density at radius 1 is 1.18 bits per heavy atom. The van der Waals surface area contributed by atoms with E-state index in [0.717, 1.165) is 36.3 Å². The molecule has 1 unspecified atom stereocenters. The van der Waals surface area contributed by atoms with Crippen LogP contribution >= 0.6 is 0 Å². The first-order chi connectivity index (χ1) is 13.7. The molecule has 1 aromatic heterocycles. The van der Waals surface area contributed by atoms with Crippen molar-refractivity contribution in [3.05, 3.63) is 72.1 Å². The largest absolute Gasteiger partial charge is 0.494 e. The number of likely N-dealkylation sites (tertiary alicyclic amines) is 1. The van der Waals surface area contributed by atoms with E-state index in [1.54, 1.807) is 6.26 Å². The Hall–Kier alpha value is -3.08. The van der Waals surface area contributed by atoms with E-state index in [1.807, 2.05) is 54.3 Å². The molecule has 0 aliphatic carbocycles. The van der Waals surface area contributed by atoms with Crippen LogP contribution in [-0.2, 0) is 11.2 Å². The van der Waals surface area contributed by atoms with Gasteiger partial charge in [0.15, 0.2) is 0 Å². The van der Waals surface area contributed by atoms with Crippen molar-refractivity contribution in [1.82, 2.24) is 9.88 Å². The smallest absolute Gasteiger partial charge is 0.229 e. The molecule has 1 atom stereocenters. The number of benzene rings is 2. The third kappa shape index (κ3) is 3.93. The predicted octanol–water partition coefficient (Wildman–Crippen LogP) is 4.65. The average Bonchev–Trinajstić information content (AvgIpc) is 3.39. The van der Waals surface area contributed by atoms with Gasteiger partial charge < -0.3 is 14.1 Å². The fourth-order valence-electron chi connectivity index (χ4n) is 3.72. The number of amides is 1. The van der Waals surface area contributed by atoms with Gasteiger partial charge in [-0.15, -0.1) is 0 Å². The highest BCUT2D eigenvalue weighted by Gasteiger charge is 2.30. The van der Waals surface area contributed by atoms with Gasteiger partial charge in [-0.3, -0.25) is 4.79 Å². The zero-order valence-corrected chi connectivity index (χ0v) is 16.0. The summed E-state index contributed by atoms with van der Waals surface area (Å²) in [6.45, 7) is 3.40. The molecule has 0 spiro atoms. The molecule has 0 radical (unpaired) electrons. The Morgan fingerprint density at radius 3 is 2.71 bits per heavy atom. The quantitative estimate of drug-likeness (QED) is 0.628. The molecule has 144 valence electrons. The molecule has 1 amide bonds. The van der Waals surface area contributed by atoms with Crippen molar-refractivity contribution < 1.29 is 13.9 Å². The molecular weight excluding hydrogens is 352 g/mol. The highest BCUT2D eigenvalue weighted by molar-refractivity contribution is 5.79. The molecule has 1 saturated heterocycles. The third-order valence-electron chi connectivity index (χ3n) is 5.05. The van der Waals surface area contributed by atoms with Crippen molar-refractivity contribution in [3.63, 3.8) is 0 Å². The monoisotopic (exact) mass is 376 g/mol. The molecule has 2 heterocycles. The van der Waals surface area contributed by atoms with Crippen LogP contribution in [0.15, 0.2) is 65.3 Å². The van der Waals surface area contributed by atoms with Gasteiger partial charge in [-0.05, 0) is 49.6 Å². The molecule has 1 aliphatic heterocycles. The normalized spacial score (nSPS) is 16.3. The number of ether oxygens (including phenoxy) is 1. The highest BCUT2D eigenvalue weighted by atomic mass is 16.5. The number of rotatable bonds is 6. The van der Waals surface area contributed by atoms with E-state index >= 15 is 0 Å². The van der Waals surface area contributed by atoms with Crippen LogP contribution in [0, 0.1) is 0 Å². The first kappa shape index (κ1) is 18.3. The van der Waals surface area contributed by atoms with Crippen molar-refractivity contribution >= 4 is 5.91 Å². The van der Waals surface area contributed by atoms with Gasteiger partial charge in [-0.25, -0.2) is 4.98 Å². The summed E-state index contributed by atoms with van der Waals surface area (Å²) in [5, 5.41) is 0. The number of carbonyl (C=O) groups excluding carboxylic acids is 1. The standard InChI is InChI=1S/C23H24N2O3/c1-2-27-20-12-10-17(11-13-20)21-9-6-14-25(21)22(26)15-19-16-28-23(24-19)18-7-4-3-5-8-18/h3-5,7-8,10-13,16,21H,2,6,9,14-15H2,1H3. The lowest BCUT2D eigenvalue weighted by molar-refractivity contribution is -0.131. The predicted molar refractivity (Wildman–Crippen MR) is 107 cm³/mol. The van der Waals surface area contributed by atoms with Crippen LogP contribution in [0.25, 0.3) is 11.5 Å². The van der Waals surface area contributed by atoms with Crippen LogP contribution in [0.3, 0.4) is 0 Å². The van der Waals surface area contributed by atoms with Gasteiger partial charge in [0.05, 0.1) is 24.8 Å². The number of hydrogen-bond acceptors (Lipinski definition) is 4. The summed E-state index contributed by atoms with van der Waals surface area (Å²) in [5.41, 5.74) is 2.73. The van der Waals surface area contributed by atoms with E-state index in [1.165, 1.54) is 0 Å². The maximum Gasteiger partial charge on any atom is 0.229 e. The van der Waals surface area contributed by atoms with Gasteiger partial charge in [0, 0.05) is 12.1 Å². The Bertz CT molecular complexity index is 919. The minimum Gasteiger partial charge on any atom is -0.494 e. The van der Waals surface area contributed by atoms with Crippen LogP contribution < -0.4 is 4.74 Å². The molecule has 0 bridgehead atoms. The Labute approximate surface area is 165 Å². The molecule has 2 aromatic carbocycles. The second kappa shape index (κ2) is 8.30. The van der Waals surface area contributed by atoms with E-state index in [-0.39, 0.29) is 18.4 Å². The molecule has 0 saturated carbocycles. The second-order valence-electron chi connectivity index (χ2n) is 6.93. The van der Waals surface area contributed by atoms with E-state index in [2.05, 4.69) is 17.1 Å². The minimum absolute atomic E-state index is 0.0873. The van der Waals surface area contributed by atoms with Crippen molar-refractivity contribution in [1.29, 1.82) is 0 Å². The van der Waals surface area contributed by atoms with Gasteiger partial charge in [-0.2, -0.15) is 0 Å². The highest BCUT2D eigenvalue weighted by Crippen LogP contribution is 2.33. The third-order valence-corrected chi connectivity index (χ3v) is 5.05. The van der Waals surface area contributed by atoms with E-state index < -0.39 is 0 Å². The van der Waals surface area contributed by atoms with Gasteiger partial charge in [0.25, 0.3) is 0 Å². The molecule has 0 N–H and O–H groups in total. The Balaban J connectivity index is 1.44. The number of oxazole rings is 1. The number of carbonyl (C=O) groups is 1. The van der Waals surface area contributed by atoms with E-state index in [0.29, 0.717) is 18.2 Å². The fraction of sp³-hybridized carbons (Fsp3) is 0.304. The first-order valence-corrected chi connectivity index (χ1v) is 9.76. The van der Waals surface area contributed by atoms with Crippen molar-refractivity contribution in [2.45, 2.75) is 32.2 Å². The summed E-state index contributed by atoms with van der Waals surface area (Å²) in [4.78, 5) is 19.4. The first-order valence-electron chi connectivity index (χ1n) is 9.76. The second-order valence-corrected chi connectivity index (χ2v) is 6.93. The van der Waals surface area contributed by atoms with Gasteiger partial charge >= 0.3 is 0 Å². The zero-order valence-electron chi connectivity index (χ0n) is 16.0. The van der Waals surface area contributed by atoms with Crippen molar-refractivity contribution in [3.8, 4) is 17.2 Å². The van der Waals surface area contributed by atoms with E-state index in [4.69, 9.17) is 9.15 Å². The Kier molecular flexibility index (Phi) is 5.42. The molecule has 4 rings (SSSR count). The molecule has 3 aromatic rings. The van der Waals surface area contributed by atoms with Crippen molar-refractivity contribution in [2.75, 3.05) is 13.2 Å². The van der Waals surface area contributed by atoms with Gasteiger partial charge in [0.1, 0.15) is 12.0 Å². The summed E-state index contributed by atoms with van der Waals surface area (Å²) < 4.78 is 11.1. The lowest BCUT2D eigenvalue weighted by Crippen LogP contribution is -2.31. The molecule has 5 nitrogen and oxygen atoms in total. The molecule has 1 fully saturated rings. The number of nitrogens with zero attached hydrogens (tertiary/aromatic N) is 2. The number of aromatic nitrogens is 1. The van der Waals surface area contributed by atoms with Crippen molar-refractivity contribution in [2.24, 2.45) is 0 Å². The van der Waals surface area contributed by atoms with Gasteiger partial charge in [0.2, 0.25) is 11.8 Å². The lowest BCUT2D eigenvalue weighted by atomic mass is 10.0. The van der Waals surface area contributed by atoms with E-state index in [9.17, 15) is 4.79 Å². The van der Waals surface area contributed by atoms with Crippen LogP contribution in [0.5, 0.6) is 5.75 Å². The minimum atomic E-state index is 0.0873. The van der Waals surface area contributed by atoms with Crippen LogP contribution in [0.4, 0.5) is 0 Å². The molecule has 28 heavy (non-hydrogen) atoms. The topological polar surface area (TPSA) is 55.6 Å². The SMILES string of the molecule is CCOc1ccc(C2CCCN2C(=O)Cc2coc(-c3ccccc3)n2)cc1. The van der Waals surface area contributed by atoms with Crippen LogP contribution in [0.2, 0.25) is 0 Å². The van der Waals surface area contributed by atoms with Crippen LogP contribution in [-0.4, -0.2) is 28.9 Å². The summed E-state index contributed by atoms with van der Waals surface area (Å²) in [6.07, 6.45) is 3.83. The zero-order chi connectivity index (χ0) is 19.3. The average molecular weight is 376 g/mol. The lowest BCUT2D eigenvalue weighted by Gasteiger charge is -2.25. The van der Waals surface area contributed by atoms with Gasteiger partial charge in [-0.1, -0.05) is 30.3 Å². The summed E-state index contributed by atoms with van der Waals surface area (Å²) >= 11 is 0. The maximum atomic E-state index is 12.9. The molecule has 1 aliphatic rings. The summed E-state index contributed by atoms with van der Waals surface area (Å²) in [5.74, 6) is 1.50.